The normalized spacial score (nSPS) is 15.7. The zero-order valence-corrected chi connectivity index (χ0v) is 12.1. The lowest BCUT2D eigenvalue weighted by atomic mass is 10.2. The molecule has 0 unspecified atom stereocenters. The van der Waals surface area contributed by atoms with Crippen LogP contribution < -0.4 is 10.2 Å². The van der Waals surface area contributed by atoms with Crippen LogP contribution in [0.4, 0.5) is 18.9 Å². The molecule has 1 fully saturated rings. The van der Waals surface area contributed by atoms with E-state index in [9.17, 15) is 22.8 Å². The highest BCUT2D eigenvalue weighted by molar-refractivity contribution is 5.91. The Balaban J connectivity index is 1.89. The van der Waals surface area contributed by atoms with E-state index in [0.717, 1.165) is 17.0 Å². The minimum atomic E-state index is -1.61. The number of nitrogens with one attached hydrogen (secondary N) is 2. The molecule has 0 saturated carbocycles. The molecule has 0 atom stereocenters. The summed E-state index contributed by atoms with van der Waals surface area (Å²) < 4.78 is 39.3. The molecule has 1 aliphatic rings. The van der Waals surface area contributed by atoms with Crippen molar-refractivity contribution >= 4 is 17.5 Å². The van der Waals surface area contributed by atoms with Gasteiger partial charge in [-0.25, -0.2) is 13.2 Å². The van der Waals surface area contributed by atoms with E-state index >= 15 is 0 Å². The first kappa shape index (κ1) is 16.3. The molecule has 1 aromatic carbocycles. The van der Waals surface area contributed by atoms with E-state index < -0.39 is 23.4 Å². The van der Waals surface area contributed by atoms with Crippen LogP contribution in [0.5, 0.6) is 0 Å². The molecule has 2 rings (SSSR count). The Labute approximate surface area is 125 Å². The number of benzene rings is 1. The number of rotatable bonds is 3. The molecule has 1 aromatic rings. The highest BCUT2D eigenvalue weighted by Gasteiger charge is 2.24. The number of halogens is 3. The predicted octanol–water partition coefficient (Wildman–Crippen LogP) is -0.211. The van der Waals surface area contributed by atoms with Crippen LogP contribution in [0.15, 0.2) is 12.1 Å². The number of carbonyl (C=O) groups is 2. The molecule has 0 radical (unpaired) electrons. The zero-order valence-electron chi connectivity index (χ0n) is 12.1. The second-order valence-corrected chi connectivity index (χ2v) is 5.20. The van der Waals surface area contributed by atoms with Crippen LogP contribution in [-0.2, 0) is 9.59 Å². The van der Waals surface area contributed by atoms with Crippen molar-refractivity contribution in [2.45, 2.75) is 6.92 Å². The van der Waals surface area contributed by atoms with Crippen LogP contribution in [0.3, 0.4) is 0 Å². The number of piperazine rings is 1. The first-order chi connectivity index (χ1) is 10.4. The van der Waals surface area contributed by atoms with E-state index in [1.54, 1.807) is 4.90 Å². The van der Waals surface area contributed by atoms with Crippen LogP contribution >= 0.6 is 0 Å². The standard InChI is InChI=1S/C14H16F3N3O2/c1-9(21)20-6-4-19(5-7-20)8-12(22)18-11-3-2-10(15)13(16)14(11)17/h2-3H,4-8H2,1H3,(H,18,22)/p+1. The molecular formula is C14H17F3N3O2+. The summed E-state index contributed by atoms with van der Waals surface area (Å²) in [7, 11) is 0. The fourth-order valence-corrected chi connectivity index (χ4v) is 2.36. The predicted molar refractivity (Wildman–Crippen MR) is 72.8 cm³/mol. The van der Waals surface area contributed by atoms with Gasteiger partial charge < -0.3 is 15.1 Å². The summed E-state index contributed by atoms with van der Waals surface area (Å²) in [6.07, 6.45) is 0. The van der Waals surface area contributed by atoms with E-state index in [2.05, 4.69) is 5.32 Å². The van der Waals surface area contributed by atoms with Gasteiger partial charge in [0.1, 0.15) is 0 Å². The van der Waals surface area contributed by atoms with Crippen LogP contribution in [0.1, 0.15) is 6.92 Å². The maximum Gasteiger partial charge on any atom is 0.279 e. The van der Waals surface area contributed by atoms with Crippen molar-refractivity contribution in [1.82, 2.24) is 4.90 Å². The maximum absolute atomic E-state index is 13.5. The Kier molecular flexibility index (Phi) is 5.02. The lowest BCUT2D eigenvalue weighted by Crippen LogP contribution is -3.15. The molecule has 1 heterocycles. The number of anilines is 1. The molecule has 1 saturated heterocycles. The average molecular weight is 316 g/mol. The first-order valence-electron chi connectivity index (χ1n) is 6.91. The van der Waals surface area contributed by atoms with E-state index in [0.29, 0.717) is 26.2 Å². The third-order valence-corrected chi connectivity index (χ3v) is 3.64. The number of carbonyl (C=O) groups excluding carboxylic acids is 2. The minimum absolute atomic E-state index is 0.00707. The van der Waals surface area contributed by atoms with Crippen molar-refractivity contribution in [3.63, 3.8) is 0 Å². The largest absolute Gasteiger partial charge is 0.332 e. The molecule has 0 spiro atoms. The van der Waals surface area contributed by atoms with Crippen molar-refractivity contribution < 1.29 is 27.7 Å². The van der Waals surface area contributed by atoms with Gasteiger partial charge in [-0.1, -0.05) is 0 Å². The lowest BCUT2D eigenvalue weighted by Gasteiger charge is -2.31. The van der Waals surface area contributed by atoms with Gasteiger partial charge in [-0.05, 0) is 12.1 Å². The van der Waals surface area contributed by atoms with Crippen molar-refractivity contribution in [2.75, 3.05) is 38.0 Å². The average Bonchev–Trinajstić information content (AvgIpc) is 2.48. The zero-order chi connectivity index (χ0) is 16.3. The second-order valence-electron chi connectivity index (χ2n) is 5.20. The van der Waals surface area contributed by atoms with Gasteiger partial charge in [0.05, 0.1) is 31.9 Å². The Morgan fingerprint density at radius 2 is 1.82 bits per heavy atom. The summed E-state index contributed by atoms with van der Waals surface area (Å²) in [5, 5.41) is 2.24. The van der Waals surface area contributed by atoms with Gasteiger partial charge in [-0.15, -0.1) is 0 Å². The third kappa shape index (κ3) is 3.76. The monoisotopic (exact) mass is 316 g/mol. The van der Waals surface area contributed by atoms with Gasteiger partial charge in [0.15, 0.2) is 24.0 Å². The fourth-order valence-electron chi connectivity index (χ4n) is 2.36. The number of hydrogen-bond acceptors (Lipinski definition) is 2. The molecule has 0 aliphatic carbocycles. The summed E-state index contributed by atoms with van der Waals surface area (Å²) >= 11 is 0. The van der Waals surface area contributed by atoms with E-state index in [4.69, 9.17) is 0 Å². The van der Waals surface area contributed by atoms with E-state index in [-0.39, 0.29) is 18.1 Å². The number of nitrogens with zero attached hydrogens (tertiary/aromatic N) is 1. The van der Waals surface area contributed by atoms with Crippen LogP contribution in [0.2, 0.25) is 0 Å². The fraction of sp³-hybridized carbons (Fsp3) is 0.429. The third-order valence-electron chi connectivity index (χ3n) is 3.64. The summed E-state index contributed by atoms with van der Waals surface area (Å²) in [5.41, 5.74) is -0.384. The Hall–Kier alpha value is -2.09. The van der Waals surface area contributed by atoms with Crippen LogP contribution in [0, 0.1) is 17.5 Å². The molecule has 1 aliphatic heterocycles. The molecule has 0 aromatic heterocycles. The Bertz CT molecular complexity index is 587. The topological polar surface area (TPSA) is 53.9 Å². The Morgan fingerprint density at radius 1 is 1.18 bits per heavy atom. The smallest absolute Gasteiger partial charge is 0.279 e. The first-order valence-corrected chi connectivity index (χ1v) is 6.91. The number of amides is 2. The highest BCUT2D eigenvalue weighted by Crippen LogP contribution is 2.19. The van der Waals surface area contributed by atoms with Crippen LogP contribution in [0.25, 0.3) is 0 Å². The summed E-state index contributed by atoms with van der Waals surface area (Å²) in [6, 6.07) is 1.74. The van der Waals surface area contributed by atoms with E-state index in [1.165, 1.54) is 6.92 Å². The van der Waals surface area contributed by atoms with Gasteiger partial charge in [-0.2, -0.15) is 0 Å². The molecule has 8 heteroatoms. The Morgan fingerprint density at radius 3 is 2.41 bits per heavy atom. The molecule has 22 heavy (non-hydrogen) atoms. The van der Waals surface area contributed by atoms with Crippen LogP contribution in [-0.4, -0.2) is 49.4 Å². The molecule has 2 N–H and O–H groups in total. The maximum atomic E-state index is 13.5. The van der Waals surface area contributed by atoms with Gasteiger partial charge >= 0.3 is 0 Å². The van der Waals surface area contributed by atoms with Gasteiger partial charge in [0.2, 0.25) is 5.91 Å². The minimum Gasteiger partial charge on any atom is -0.332 e. The van der Waals surface area contributed by atoms with Crippen molar-refractivity contribution in [3.05, 3.63) is 29.6 Å². The summed E-state index contributed by atoms with van der Waals surface area (Å²) in [4.78, 5) is 25.7. The van der Waals surface area contributed by atoms with Gasteiger partial charge in [0.25, 0.3) is 5.91 Å². The van der Waals surface area contributed by atoms with Crippen molar-refractivity contribution in [3.8, 4) is 0 Å². The van der Waals surface area contributed by atoms with Crippen molar-refractivity contribution in [2.24, 2.45) is 0 Å². The quantitative estimate of drug-likeness (QED) is 0.758. The lowest BCUT2D eigenvalue weighted by molar-refractivity contribution is -0.895. The molecule has 0 bridgehead atoms. The van der Waals surface area contributed by atoms with Gasteiger partial charge in [0, 0.05) is 6.92 Å². The molecular weight excluding hydrogens is 299 g/mol. The molecule has 120 valence electrons. The SMILES string of the molecule is CC(=O)N1CC[NH+](CC(=O)Nc2ccc(F)c(F)c2F)CC1. The number of quaternary nitrogens is 1. The molecule has 5 nitrogen and oxygen atoms in total. The van der Waals surface area contributed by atoms with Gasteiger partial charge in [-0.3, -0.25) is 9.59 Å². The van der Waals surface area contributed by atoms with E-state index in [1.807, 2.05) is 0 Å². The summed E-state index contributed by atoms with van der Waals surface area (Å²) in [5.74, 6) is -4.82. The number of hydrogen-bond donors (Lipinski definition) is 2. The second kappa shape index (κ2) is 6.78. The molecule has 2 amide bonds. The van der Waals surface area contributed by atoms with Crippen molar-refractivity contribution in [1.29, 1.82) is 0 Å². The summed E-state index contributed by atoms with van der Waals surface area (Å²) in [6.45, 7) is 3.88. The highest BCUT2D eigenvalue weighted by atomic mass is 19.2.